The normalized spacial score (nSPS) is 10.9. The molecule has 0 aliphatic heterocycles. The maximum absolute atomic E-state index is 5.52. The lowest BCUT2D eigenvalue weighted by Crippen LogP contribution is -2.04. The zero-order valence-electron chi connectivity index (χ0n) is 10.2. The van der Waals surface area contributed by atoms with Crippen molar-refractivity contribution < 1.29 is 4.42 Å². The lowest BCUT2D eigenvalue weighted by Gasteiger charge is -2.06. The molecule has 2 aromatic heterocycles. The molecule has 0 radical (unpaired) electrons. The molecule has 3 aromatic rings. The molecule has 0 atom stereocenters. The van der Waals surface area contributed by atoms with Gasteiger partial charge in [-0.15, -0.1) is 0 Å². The van der Waals surface area contributed by atoms with Gasteiger partial charge in [-0.2, -0.15) is 0 Å². The van der Waals surface area contributed by atoms with Crippen LogP contribution in [0.3, 0.4) is 0 Å². The topological polar surface area (TPSA) is 38.1 Å². The van der Waals surface area contributed by atoms with E-state index in [0.29, 0.717) is 6.54 Å². The summed E-state index contributed by atoms with van der Waals surface area (Å²) < 4.78 is 5.52. The molecule has 1 aromatic carbocycles. The highest BCUT2D eigenvalue weighted by Crippen LogP contribution is 2.30. The molecule has 90 valence electrons. The van der Waals surface area contributed by atoms with E-state index in [4.69, 9.17) is 4.42 Å². The Balaban J connectivity index is 2.22. The third-order valence-corrected chi connectivity index (χ3v) is 3.04. The van der Waals surface area contributed by atoms with Crippen LogP contribution in [0.5, 0.6) is 0 Å². The fraction of sp³-hybridized carbons (Fsp3) is 0.133. The third-order valence-electron chi connectivity index (χ3n) is 3.04. The van der Waals surface area contributed by atoms with Crippen molar-refractivity contribution in [3.63, 3.8) is 0 Å². The fourth-order valence-electron chi connectivity index (χ4n) is 2.21. The summed E-state index contributed by atoms with van der Waals surface area (Å²) in [7, 11) is 1.91. The molecule has 0 aliphatic rings. The second-order valence-corrected chi connectivity index (χ2v) is 4.20. The van der Waals surface area contributed by atoms with Gasteiger partial charge in [0.2, 0.25) is 0 Å². The minimum atomic E-state index is 0.714. The number of pyridine rings is 1. The van der Waals surface area contributed by atoms with Gasteiger partial charge in [-0.3, -0.25) is 4.98 Å². The number of hydrogen-bond donors (Lipinski definition) is 1. The second-order valence-electron chi connectivity index (χ2n) is 4.20. The van der Waals surface area contributed by atoms with Crippen LogP contribution in [-0.4, -0.2) is 12.0 Å². The Morgan fingerprint density at radius 3 is 2.89 bits per heavy atom. The van der Waals surface area contributed by atoms with Gasteiger partial charge in [0.25, 0.3) is 0 Å². The number of nitrogens with one attached hydrogen (secondary N) is 1. The molecule has 0 spiro atoms. The second kappa shape index (κ2) is 4.63. The van der Waals surface area contributed by atoms with Crippen molar-refractivity contribution in [2.24, 2.45) is 0 Å². The van der Waals surface area contributed by atoms with Gasteiger partial charge in [0, 0.05) is 28.9 Å². The van der Waals surface area contributed by atoms with E-state index >= 15 is 0 Å². The highest BCUT2D eigenvalue weighted by molar-refractivity contribution is 5.96. The van der Waals surface area contributed by atoms with E-state index in [9.17, 15) is 0 Å². The smallest absolute Gasteiger partial charge is 0.125 e. The van der Waals surface area contributed by atoms with Crippen molar-refractivity contribution >= 4 is 10.8 Å². The number of furan rings is 1. The van der Waals surface area contributed by atoms with Crippen LogP contribution >= 0.6 is 0 Å². The Kier molecular flexibility index (Phi) is 2.82. The molecule has 0 unspecified atom stereocenters. The standard InChI is InChI=1S/C15H14N2O/c1-16-10-15-13(6-7-18-15)14-9-17-8-11-4-2-3-5-12(11)14/h2-9,16H,10H2,1H3. The SMILES string of the molecule is CNCc1occc1-c1cncc2ccccc12. The van der Waals surface area contributed by atoms with Gasteiger partial charge in [0.15, 0.2) is 0 Å². The maximum atomic E-state index is 5.52. The Bertz CT molecular complexity index is 668. The van der Waals surface area contributed by atoms with Crippen molar-refractivity contribution in [2.45, 2.75) is 6.54 Å². The number of hydrogen-bond acceptors (Lipinski definition) is 3. The Morgan fingerprint density at radius 2 is 2.00 bits per heavy atom. The van der Waals surface area contributed by atoms with Gasteiger partial charge in [-0.25, -0.2) is 0 Å². The van der Waals surface area contributed by atoms with E-state index in [-0.39, 0.29) is 0 Å². The highest BCUT2D eigenvalue weighted by atomic mass is 16.3. The minimum absolute atomic E-state index is 0.714. The van der Waals surface area contributed by atoms with Crippen LogP contribution in [0, 0.1) is 0 Å². The van der Waals surface area contributed by atoms with E-state index < -0.39 is 0 Å². The fourth-order valence-corrected chi connectivity index (χ4v) is 2.21. The molecule has 3 heteroatoms. The Labute approximate surface area is 105 Å². The van der Waals surface area contributed by atoms with Crippen LogP contribution in [0.15, 0.2) is 53.4 Å². The maximum Gasteiger partial charge on any atom is 0.125 e. The molecule has 0 saturated heterocycles. The van der Waals surface area contributed by atoms with Crippen LogP contribution in [-0.2, 0) is 6.54 Å². The highest BCUT2D eigenvalue weighted by Gasteiger charge is 2.11. The summed E-state index contributed by atoms with van der Waals surface area (Å²) in [6.07, 6.45) is 5.51. The van der Waals surface area contributed by atoms with Gasteiger partial charge in [-0.1, -0.05) is 24.3 Å². The molecule has 0 aliphatic carbocycles. The van der Waals surface area contributed by atoms with Crippen molar-refractivity contribution in [3.8, 4) is 11.1 Å². The number of nitrogens with zero attached hydrogens (tertiary/aromatic N) is 1. The van der Waals surface area contributed by atoms with Crippen molar-refractivity contribution in [3.05, 3.63) is 54.7 Å². The summed E-state index contributed by atoms with van der Waals surface area (Å²) in [4.78, 5) is 4.31. The minimum Gasteiger partial charge on any atom is -0.467 e. The molecule has 18 heavy (non-hydrogen) atoms. The van der Waals surface area contributed by atoms with Crippen LogP contribution in [0.1, 0.15) is 5.76 Å². The summed E-state index contributed by atoms with van der Waals surface area (Å²) in [6, 6.07) is 10.3. The quantitative estimate of drug-likeness (QED) is 0.761. The van der Waals surface area contributed by atoms with Gasteiger partial charge in [0.1, 0.15) is 5.76 Å². The number of fused-ring (bicyclic) bond motifs is 1. The van der Waals surface area contributed by atoms with E-state index in [1.807, 2.05) is 37.6 Å². The predicted molar refractivity (Wildman–Crippen MR) is 72.2 cm³/mol. The van der Waals surface area contributed by atoms with Crippen molar-refractivity contribution in [1.29, 1.82) is 0 Å². The summed E-state index contributed by atoms with van der Waals surface area (Å²) >= 11 is 0. The summed E-state index contributed by atoms with van der Waals surface area (Å²) in [6.45, 7) is 0.714. The monoisotopic (exact) mass is 238 g/mol. The lowest BCUT2D eigenvalue weighted by atomic mass is 10.0. The molecule has 2 heterocycles. The van der Waals surface area contributed by atoms with Crippen molar-refractivity contribution in [1.82, 2.24) is 10.3 Å². The Morgan fingerprint density at radius 1 is 1.11 bits per heavy atom. The first-order valence-electron chi connectivity index (χ1n) is 5.94. The van der Waals surface area contributed by atoms with E-state index in [0.717, 1.165) is 22.3 Å². The summed E-state index contributed by atoms with van der Waals surface area (Å²) in [5.74, 6) is 0.940. The number of aromatic nitrogens is 1. The first kappa shape index (κ1) is 11.0. The first-order valence-corrected chi connectivity index (χ1v) is 5.94. The molecule has 0 fully saturated rings. The van der Waals surface area contributed by atoms with Gasteiger partial charge >= 0.3 is 0 Å². The van der Waals surface area contributed by atoms with Crippen LogP contribution in [0.4, 0.5) is 0 Å². The summed E-state index contributed by atoms with van der Waals surface area (Å²) in [5.41, 5.74) is 2.22. The third kappa shape index (κ3) is 1.79. The van der Waals surface area contributed by atoms with Gasteiger partial charge in [0.05, 0.1) is 12.8 Å². The average molecular weight is 238 g/mol. The molecule has 0 bridgehead atoms. The van der Waals surface area contributed by atoms with E-state index in [1.165, 1.54) is 5.39 Å². The van der Waals surface area contributed by atoms with Gasteiger partial charge in [-0.05, 0) is 18.5 Å². The molecule has 0 amide bonds. The molecule has 3 nitrogen and oxygen atoms in total. The molecule has 3 rings (SSSR count). The zero-order chi connectivity index (χ0) is 12.4. The largest absolute Gasteiger partial charge is 0.467 e. The molecule has 0 saturated carbocycles. The molecule has 1 N–H and O–H groups in total. The average Bonchev–Trinajstić information content (AvgIpc) is 2.87. The van der Waals surface area contributed by atoms with Crippen LogP contribution in [0.25, 0.3) is 21.9 Å². The lowest BCUT2D eigenvalue weighted by molar-refractivity contribution is 0.497. The number of benzene rings is 1. The Hall–Kier alpha value is -2.13. The first-order chi connectivity index (χ1) is 8.90. The van der Waals surface area contributed by atoms with Crippen molar-refractivity contribution in [2.75, 3.05) is 7.05 Å². The molecular weight excluding hydrogens is 224 g/mol. The summed E-state index contributed by atoms with van der Waals surface area (Å²) in [5, 5.41) is 5.46. The van der Waals surface area contributed by atoms with Crippen LogP contribution in [0.2, 0.25) is 0 Å². The van der Waals surface area contributed by atoms with E-state index in [2.05, 4.69) is 22.4 Å². The number of rotatable bonds is 3. The van der Waals surface area contributed by atoms with Crippen LogP contribution < -0.4 is 5.32 Å². The van der Waals surface area contributed by atoms with E-state index in [1.54, 1.807) is 6.26 Å². The molecular formula is C15H14N2O. The predicted octanol–water partition coefficient (Wildman–Crippen LogP) is 3.21. The zero-order valence-corrected chi connectivity index (χ0v) is 10.2. The van der Waals surface area contributed by atoms with Gasteiger partial charge < -0.3 is 9.73 Å².